The fraction of sp³-hybridized carbons (Fsp3) is 0.316. The molecule has 0 N–H and O–H groups in total. The van der Waals surface area contributed by atoms with Gasteiger partial charge >= 0.3 is 0 Å². The minimum absolute atomic E-state index is 0.252. The van der Waals surface area contributed by atoms with E-state index in [9.17, 15) is 4.79 Å². The van der Waals surface area contributed by atoms with Gasteiger partial charge in [0.2, 0.25) is 0 Å². The predicted molar refractivity (Wildman–Crippen MR) is 97.2 cm³/mol. The van der Waals surface area contributed by atoms with Crippen molar-refractivity contribution < 1.29 is 4.79 Å². The van der Waals surface area contributed by atoms with E-state index in [0.717, 1.165) is 40.0 Å². The Morgan fingerprint density at radius 2 is 2.00 bits per heavy atom. The van der Waals surface area contributed by atoms with Crippen molar-refractivity contribution in [3.8, 4) is 10.4 Å². The molecule has 1 aliphatic heterocycles. The van der Waals surface area contributed by atoms with Crippen molar-refractivity contribution in [1.29, 1.82) is 0 Å². The number of aromatic nitrogens is 2. The maximum atomic E-state index is 12.3. The molecule has 1 saturated heterocycles. The lowest BCUT2D eigenvalue weighted by Crippen LogP contribution is -2.27. The van der Waals surface area contributed by atoms with Gasteiger partial charge in [-0.2, -0.15) is 0 Å². The minimum atomic E-state index is 0.252. The zero-order valence-corrected chi connectivity index (χ0v) is 14.3. The molecule has 122 valence electrons. The number of pyridine rings is 1. The number of carbonyl (C=O) groups is 1. The highest BCUT2D eigenvalue weighted by Gasteiger charge is 2.15. The van der Waals surface area contributed by atoms with E-state index in [-0.39, 0.29) is 5.78 Å². The zero-order chi connectivity index (χ0) is 16.4. The van der Waals surface area contributed by atoms with Gasteiger partial charge in [-0.3, -0.25) is 19.7 Å². The van der Waals surface area contributed by atoms with E-state index in [1.54, 1.807) is 11.3 Å². The summed E-state index contributed by atoms with van der Waals surface area (Å²) in [5.74, 6) is 0.252. The number of hydrogen-bond donors (Lipinski definition) is 0. The second-order valence-corrected chi connectivity index (χ2v) is 7.19. The Balaban J connectivity index is 1.54. The smallest absolute Gasteiger partial charge is 0.152 e. The number of ketones is 1. The molecule has 5 heteroatoms. The van der Waals surface area contributed by atoms with Gasteiger partial charge in [0.15, 0.2) is 5.78 Å². The summed E-state index contributed by atoms with van der Waals surface area (Å²) in [5.41, 5.74) is 3.85. The number of fused-ring (bicyclic) bond motifs is 1. The van der Waals surface area contributed by atoms with Gasteiger partial charge in [0, 0.05) is 23.5 Å². The van der Waals surface area contributed by atoms with Crippen LogP contribution in [0.2, 0.25) is 0 Å². The summed E-state index contributed by atoms with van der Waals surface area (Å²) in [5, 5.41) is 2.22. The maximum absolute atomic E-state index is 12.3. The summed E-state index contributed by atoms with van der Waals surface area (Å²) in [6.07, 6.45) is 6.58. The maximum Gasteiger partial charge on any atom is 0.152 e. The molecule has 0 unspecified atom stereocenters. The Bertz CT molecular complexity index is 854. The van der Waals surface area contributed by atoms with Crippen LogP contribution >= 0.6 is 11.3 Å². The van der Waals surface area contributed by atoms with Crippen LogP contribution in [-0.2, 0) is 11.2 Å². The first kappa shape index (κ1) is 15.4. The van der Waals surface area contributed by atoms with Crippen molar-refractivity contribution >= 4 is 27.9 Å². The van der Waals surface area contributed by atoms with Gasteiger partial charge in [0.1, 0.15) is 0 Å². The first-order chi connectivity index (χ1) is 11.8. The molecule has 0 bridgehead atoms. The van der Waals surface area contributed by atoms with Crippen LogP contribution in [-0.4, -0.2) is 40.3 Å². The normalized spacial score (nSPS) is 15.2. The van der Waals surface area contributed by atoms with Crippen molar-refractivity contribution in [3.63, 3.8) is 0 Å². The molecule has 1 aromatic carbocycles. The highest BCUT2D eigenvalue weighted by atomic mass is 32.1. The Labute approximate surface area is 145 Å². The molecule has 1 fully saturated rings. The van der Waals surface area contributed by atoms with E-state index < -0.39 is 0 Å². The average Bonchev–Trinajstić information content (AvgIpc) is 3.27. The molecule has 1 aliphatic rings. The highest BCUT2D eigenvalue weighted by molar-refractivity contribution is 7.13. The quantitative estimate of drug-likeness (QED) is 0.714. The minimum Gasteiger partial charge on any atom is -0.298 e. The van der Waals surface area contributed by atoms with E-state index in [4.69, 9.17) is 0 Å². The fourth-order valence-electron chi connectivity index (χ4n) is 3.24. The van der Waals surface area contributed by atoms with Gasteiger partial charge < -0.3 is 0 Å². The molecule has 0 saturated carbocycles. The summed E-state index contributed by atoms with van der Waals surface area (Å²) in [6.45, 7) is 2.66. The number of rotatable bonds is 5. The van der Waals surface area contributed by atoms with Crippen LogP contribution in [0.1, 0.15) is 18.5 Å². The van der Waals surface area contributed by atoms with Crippen LogP contribution in [0.25, 0.3) is 21.2 Å². The summed E-state index contributed by atoms with van der Waals surface area (Å²) in [4.78, 5) is 24.3. The lowest BCUT2D eigenvalue weighted by molar-refractivity contribution is -0.119. The Morgan fingerprint density at radius 3 is 2.79 bits per heavy atom. The molecule has 3 heterocycles. The van der Waals surface area contributed by atoms with Crippen molar-refractivity contribution in [3.05, 3.63) is 47.9 Å². The Hall–Kier alpha value is -2.11. The number of Topliss-reactive ketones (excluding diaryl/α,β-unsaturated/α-hetero) is 1. The molecular formula is C19H19N3OS. The SMILES string of the molecule is O=C(Cc1cc2cc(-c3cncs3)ccc2cn1)CN1CCCC1. The number of likely N-dealkylation sites (tertiary alicyclic amines) is 1. The topological polar surface area (TPSA) is 46.1 Å². The van der Waals surface area contributed by atoms with Gasteiger partial charge in [-0.1, -0.05) is 12.1 Å². The van der Waals surface area contributed by atoms with E-state index in [1.165, 1.54) is 12.8 Å². The molecule has 0 radical (unpaired) electrons. The second kappa shape index (κ2) is 6.79. The Morgan fingerprint density at radius 1 is 1.12 bits per heavy atom. The molecule has 0 amide bonds. The van der Waals surface area contributed by atoms with Crippen LogP contribution in [0.3, 0.4) is 0 Å². The van der Waals surface area contributed by atoms with Gasteiger partial charge in [-0.25, -0.2) is 0 Å². The third-order valence-corrected chi connectivity index (χ3v) is 5.29. The molecule has 24 heavy (non-hydrogen) atoms. The summed E-state index contributed by atoms with van der Waals surface area (Å²) in [7, 11) is 0. The van der Waals surface area contributed by atoms with Crippen molar-refractivity contribution in [2.75, 3.05) is 19.6 Å². The van der Waals surface area contributed by atoms with Gasteiger partial charge in [-0.15, -0.1) is 11.3 Å². The number of carbonyl (C=O) groups excluding carboxylic acids is 1. The van der Waals surface area contributed by atoms with Crippen molar-refractivity contribution in [2.24, 2.45) is 0 Å². The van der Waals surface area contributed by atoms with Crippen molar-refractivity contribution in [2.45, 2.75) is 19.3 Å². The number of thiazole rings is 1. The van der Waals surface area contributed by atoms with Gasteiger partial charge in [0.25, 0.3) is 0 Å². The standard InChI is InChI=1S/C19H19N3OS/c23-18(12-22-5-1-2-6-22)9-17-8-16-7-14(19-11-20-13-24-19)3-4-15(16)10-21-17/h3-4,7-8,10-11,13H,1-2,5-6,9,12H2. The average molecular weight is 337 g/mol. The van der Waals surface area contributed by atoms with Crippen LogP contribution in [0.4, 0.5) is 0 Å². The van der Waals surface area contributed by atoms with Gasteiger partial charge in [-0.05, 0) is 49.0 Å². The zero-order valence-electron chi connectivity index (χ0n) is 13.4. The Kier molecular flexibility index (Phi) is 4.36. The van der Waals surface area contributed by atoms with E-state index in [0.29, 0.717) is 13.0 Å². The van der Waals surface area contributed by atoms with E-state index >= 15 is 0 Å². The first-order valence-corrected chi connectivity index (χ1v) is 9.17. The van der Waals surface area contributed by atoms with Crippen LogP contribution in [0.15, 0.2) is 42.2 Å². The first-order valence-electron chi connectivity index (χ1n) is 8.29. The van der Waals surface area contributed by atoms with Crippen LogP contribution in [0.5, 0.6) is 0 Å². The molecule has 4 rings (SSSR count). The molecule has 0 atom stereocenters. The summed E-state index contributed by atoms with van der Waals surface area (Å²) < 4.78 is 0. The lowest BCUT2D eigenvalue weighted by atomic mass is 10.1. The molecule has 0 spiro atoms. The number of benzene rings is 1. The third-order valence-electron chi connectivity index (χ3n) is 4.47. The van der Waals surface area contributed by atoms with Crippen LogP contribution < -0.4 is 0 Å². The molecular weight excluding hydrogens is 318 g/mol. The summed E-state index contributed by atoms with van der Waals surface area (Å²) in [6, 6.07) is 8.36. The largest absolute Gasteiger partial charge is 0.298 e. The summed E-state index contributed by atoms with van der Waals surface area (Å²) >= 11 is 1.63. The van der Waals surface area contributed by atoms with E-state index in [2.05, 4.69) is 33.1 Å². The van der Waals surface area contributed by atoms with Crippen molar-refractivity contribution in [1.82, 2.24) is 14.9 Å². The lowest BCUT2D eigenvalue weighted by Gasteiger charge is -2.13. The monoisotopic (exact) mass is 337 g/mol. The third kappa shape index (κ3) is 3.37. The molecule has 3 aromatic rings. The highest BCUT2D eigenvalue weighted by Crippen LogP contribution is 2.27. The van der Waals surface area contributed by atoms with Gasteiger partial charge in [0.05, 0.1) is 23.4 Å². The number of nitrogens with zero attached hydrogens (tertiary/aromatic N) is 3. The predicted octanol–water partition coefficient (Wildman–Crippen LogP) is 3.57. The van der Waals surface area contributed by atoms with Crippen LogP contribution in [0, 0.1) is 0 Å². The second-order valence-electron chi connectivity index (χ2n) is 6.30. The fourth-order valence-corrected chi connectivity index (χ4v) is 3.86. The van der Waals surface area contributed by atoms with E-state index in [1.807, 2.05) is 24.0 Å². The molecule has 0 aliphatic carbocycles. The molecule has 4 nitrogen and oxygen atoms in total. The number of hydrogen-bond acceptors (Lipinski definition) is 5. The molecule has 2 aromatic heterocycles.